The van der Waals surface area contributed by atoms with Crippen LogP contribution in [0.1, 0.15) is 30.0 Å². The second-order valence-electron chi connectivity index (χ2n) is 7.85. The molecule has 0 bridgehead atoms. The van der Waals surface area contributed by atoms with Gasteiger partial charge in [0.15, 0.2) is 5.65 Å². The van der Waals surface area contributed by atoms with Crippen LogP contribution in [0.5, 0.6) is 0 Å². The SMILES string of the molecule is CN1C(=O)CN(c2cc(C3CC3)cn3cc(CNc4cc(Cl)ncc4[N+](=O)[O-])nc23)C1=O. The van der Waals surface area contributed by atoms with Crippen LogP contribution in [0.2, 0.25) is 5.15 Å². The van der Waals surface area contributed by atoms with Crippen LogP contribution < -0.4 is 10.2 Å². The van der Waals surface area contributed by atoms with Crippen molar-refractivity contribution in [3.63, 3.8) is 0 Å². The second kappa shape index (κ2) is 7.45. The number of nitrogens with zero attached hydrogens (tertiary/aromatic N) is 6. The summed E-state index contributed by atoms with van der Waals surface area (Å²) in [6.45, 7) is 0.148. The van der Waals surface area contributed by atoms with Gasteiger partial charge >= 0.3 is 11.7 Å². The van der Waals surface area contributed by atoms with Crippen molar-refractivity contribution in [1.82, 2.24) is 19.3 Å². The molecule has 3 aromatic rings. The quantitative estimate of drug-likeness (QED) is 0.262. The van der Waals surface area contributed by atoms with Crippen molar-refractivity contribution >= 4 is 46.2 Å². The van der Waals surface area contributed by atoms with E-state index in [0.717, 1.165) is 29.5 Å². The minimum atomic E-state index is -0.540. The number of aromatic nitrogens is 3. The zero-order chi connectivity index (χ0) is 22.6. The number of fused-ring (bicyclic) bond motifs is 1. The van der Waals surface area contributed by atoms with Crippen LogP contribution in [0.25, 0.3) is 5.65 Å². The third-order valence-electron chi connectivity index (χ3n) is 5.63. The molecule has 0 radical (unpaired) electrons. The van der Waals surface area contributed by atoms with E-state index in [1.165, 1.54) is 18.0 Å². The van der Waals surface area contributed by atoms with E-state index in [9.17, 15) is 19.7 Å². The Morgan fingerprint density at radius 1 is 1.28 bits per heavy atom. The van der Waals surface area contributed by atoms with Crippen molar-refractivity contribution in [3.05, 3.63) is 57.2 Å². The molecule has 1 saturated heterocycles. The van der Waals surface area contributed by atoms with Crippen LogP contribution in [-0.4, -0.2) is 49.7 Å². The predicted molar refractivity (Wildman–Crippen MR) is 116 cm³/mol. The van der Waals surface area contributed by atoms with Crippen LogP contribution in [0.3, 0.4) is 0 Å². The Labute approximate surface area is 186 Å². The highest BCUT2D eigenvalue weighted by Gasteiger charge is 2.36. The van der Waals surface area contributed by atoms with Crippen molar-refractivity contribution < 1.29 is 14.5 Å². The van der Waals surface area contributed by atoms with Crippen LogP contribution in [0.4, 0.5) is 21.9 Å². The minimum absolute atomic E-state index is 0.0404. The first-order valence-corrected chi connectivity index (χ1v) is 10.3. The fraction of sp³-hybridized carbons (Fsp3) is 0.300. The topological polar surface area (TPSA) is 126 Å². The number of halogens is 1. The van der Waals surface area contributed by atoms with E-state index in [1.807, 2.05) is 16.7 Å². The first-order valence-electron chi connectivity index (χ1n) is 9.95. The molecule has 32 heavy (non-hydrogen) atoms. The van der Waals surface area contributed by atoms with Crippen molar-refractivity contribution in [2.24, 2.45) is 0 Å². The molecule has 5 rings (SSSR count). The summed E-state index contributed by atoms with van der Waals surface area (Å²) in [5.74, 6) is 0.148. The zero-order valence-corrected chi connectivity index (χ0v) is 17.7. The van der Waals surface area contributed by atoms with Gasteiger partial charge in [0, 0.05) is 25.5 Å². The molecule has 0 atom stereocenters. The number of likely N-dealkylation sites (N-methyl/N-ethyl adjacent to an activating group) is 1. The van der Waals surface area contributed by atoms with Crippen molar-refractivity contribution in [2.75, 3.05) is 23.8 Å². The highest BCUT2D eigenvalue weighted by Crippen LogP contribution is 2.42. The standard InChI is InChI=1S/C20H18ClN7O4/c1-25-18(29)10-27(20(25)30)15-4-12(11-2-3-11)8-26-9-13(24-19(15)26)6-22-14-5-17(21)23-7-16(14)28(31)32/h4-5,7-9,11H,2-3,6,10H2,1H3,(H,22,23). The maximum absolute atomic E-state index is 12.6. The smallest absolute Gasteiger partial charge is 0.331 e. The Bertz CT molecular complexity index is 1290. The number of rotatable bonds is 6. The maximum atomic E-state index is 12.6. The number of urea groups is 1. The van der Waals surface area contributed by atoms with E-state index in [1.54, 1.807) is 6.20 Å². The lowest BCUT2D eigenvalue weighted by molar-refractivity contribution is -0.384. The van der Waals surface area contributed by atoms with E-state index >= 15 is 0 Å². The lowest BCUT2D eigenvalue weighted by atomic mass is 10.1. The van der Waals surface area contributed by atoms with Gasteiger partial charge in [0.1, 0.15) is 23.6 Å². The van der Waals surface area contributed by atoms with Crippen LogP contribution in [-0.2, 0) is 11.3 Å². The van der Waals surface area contributed by atoms with Gasteiger partial charge in [0.25, 0.3) is 0 Å². The van der Waals surface area contributed by atoms with Crippen molar-refractivity contribution in [3.8, 4) is 0 Å². The Kier molecular flexibility index (Phi) is 4.70. The van der Waals surface area contributed by atoms with Gasteiger partial charge in [-0.15, -0.1) is 0 Å². The molecular weight excluding hydrogens is 438 g/mol. The summed E-state index contributed by atoms with van der Waals surface area (Å²) in [6.07, 6.45) is 7.03. The lowest BCUT2D eigenvalue weighted by Crippen LogP contribution is -2.30. The molecule has 11 nitrogen and oxygen atoms in total. The Morgan fingerprint density at radius 2 is 2.06 bits per heavy atom. The third kappa shape index (κ3) is 3.50. The average Bonchev–Trinajstić information content (AvgIpc) is 3.48. The van der Waals surface area contributed by atoms with Gasteiger partial charge in [-0.25, -0.2) is 14.8 Å². The summed E-state index contributed by atoms with van der Waals surface area (Å²) in [5.41, 5.74) is 2.82. The van der Waals surface area contributed by atoms with Gasteiger partial charge in [-0.05, 0) is 30.4 Å². The van der Waals surface area contributed by atoms with E-state index in [4.69, 9.17) is 11.6 Å². The summed E-state index contributed by atoms with van der Waals surface area (Å²) in [5, 5.41) is 14.4. The highest BCUT2D eigenvalue weighted by molar-refractivity contribution is 6.29. The number of hydrogen-bond donors (Lipinski definition) is 1. The van der Waals surface area contributed by atoms with Gasteiger partial charge in [-0.1, -0.05) is 11.6 Å². The van der Waals surface area contributed by atoms with Crippen LogP contribution in [0, 0.1) is 10.1 Å². The number of carbonyl (C=O) groups excluding carboxylic acids is 2. The number of amides is 3. The molecule has 1 N–H and O–H groups in total. The number of carbonyl (C=O) groups is 2. The fourth-order valence-electron chi connectivity index (χ4n) is 3.76. The van der Waals surface area contributed by atoms with Gasteiger partial charge in [-0.3, -0.25) is 24.7 Å². The average molecular weight is 456 g/mol. The molecule has 3 aromatic heterocycles. The molecule has 1 aliphatic heterocycles. The molecule has 4 heterocycles. The third-order valence-corrected chi connectivity index (χ3v) is 5.84. The monoisotopic (exact) mass is 455 g/mol. The summed E-state index contributed by atoms with van der Waals surface area (Å²) in [4.78, 5) is 46.3. The molecule has 2 fully saturated rings. The lowest BCUT2D eigenvalue weighted by Gasteiger charge is -2.17. The maximum Gasteiger partial charge on any atom is 0.331 e. The van der Waals surface area contributed by atoms with E-state index in [2.05, 4.69) is 15.3 Å². The highest BCUT2D eigenvalue weighted by atomic mass is 35.5. The number of nitro groups is 1. The Balaban J connectivity index is 1.50. The summed E-state index contributed by atoms with van der Waals surface area (Å²) < 4.78 is 1.84. The van der Waals surface area contributed by atoms with E-state index < -0.39 is 11.0 Å². The Hall–Kier alpha value is -3.73. The molecule has 1 saturated carbocycles. The number of pyridine rings is 2. The zero-order valence-electron chi connectivity index (χ0n) is 17.0. The second-order valence-corrected chi connectivity index (χ2v) is 8.24. The number of hydrogen-bond acceptors (Lipinski definition) is 7. The molecule has 164 valence electrons. The number of imidazole rings is 1. The summed E-state index contributed by atoms with van der Waals surface area (Å²) in [7, 11) is 1.46. The van der Waals surface area contributed by atoms with Crippen molar-refractivity contribution in [2.45, 2.75) is 25.3 Å². The van der Waals surface area contributed by atoms with Gasteiger partial charge in [0.2, 0.25) is 5.91 Å². The number of nitrogens with one attached hydrogen (secondary N) is 1. The normalized spacial score (nSPS) is 16.3. The number of imide groups is 1. The van der Waals surface area contributed by atoms with Crippen LogP contribution >= 0.6 is 11.6 Å². The molecule has 0 aromatic carbocycles. The summed E-state index contributed by atoms with van der Waals surface area (Å²) >= 11 is 5.89. The molecule has 0 spiro atoms. The molecule has 12 heteroatoms. The molecule has 2 aliphatic rings. The van der Waals surface area contributed by atoms with Gasteiger partial charge < -0.3 is 9.72 Å². The minimum Gasteiger partial charge on any atom is -0.374 e. The molecule has 3 amide bonds. The molecule has 0 unspecified atom stereocenters. The van der Waals surface area contributed by atoms with Crippen molar-refractivity contribution in [1.29, 1.82) is 0 Å². The first kappa shape index (κ1) is 20.2. The van der Waals surface area contributed by atoms with E-state index in [0.29, 0.717) is 22.9 Å². The summed E-state index contributed by atoms with van der Waals surface area (Å²) in [6, 6.07) is 2.92. The van der Waals surface area contributed by atoms with E-state index in [-0.39, 0.29) is 35.5 Å². The molecular formula is C20H18ClN7O4. The first-order chi connectivity index (χ1) is 15.3. The van der Waals surface area contributed by atoms with Gasteiger partial charge in [0.05, 0.1) is 22.8 Å². The number of anilines is 2. The predicted octanol–water partition coefficient (Wildman–Crippen LogP) is 3.18. The fourth-order valence-corrected chi connectivity index (χ4v) is 3.91. The van der Waals surface area contributed by atoms with Gasteiger partial charge in [-0.2, -0.15) is 0 Å². The largest absolute Gasteiger partial charge is 0.374 e. The van der Waals surface area contributed by atoms with Crippen LogP contribution in [0.15, 0.2) is 30.7 Å². The Morgan fingerprint density at radius 3 is 2.72 bits per heavy atom. The molecule has 1 aliphatic carbocycles.